The van der Waals surface area contributed by atoms with Crippen LogP contribution in [-0.4, -0.2) is 24.6 Å². The fourth-order valence-electron chi connectivity index (χ4n) is 0.275. The number of hydrogen-bond acceptors (Lipinski definition) is 3. The van der Waals surface area contributed by atoms with Crippen LogP contribution in [0.5, 0.6) is 0 Å². The molecule has 0 fully saturated rings. The van der Waals surface area contributed by atoms with Crippen molar-refractivity contribution in [2.24, 2.45) is 0 Å². The van der Waals surface area contributed by atoms with E-state index in [1.807, 2.05) is 0 Å². The average molecular weight is 193 g/mol. The molecule has 0 aliphatic carbocycles. The minimum Gasteiger partial charge on any atom is -0.328 e. The number of hydrogen-bond donors (Lipinski definition) is 2. The third kappa shape index (κ3) is 4.86. The topological polar surface area (TPSA) is 83.5 Å². The monoisotopic (exact) mass is 193 g/mol. The first-order valence-electron chi connectivity index (χ1n) is 3.29. The van der Waals surface area contributed by atoms with Gasteiger partial charge in [0.15, 0.2) is 0 Å². The lowest BCUT2D eigenvalue weighted by atomic mass is 10.2. The summed E-state index contributed by atoms with van der Waals surface area (Å²) in [5, 5.41) is 2.46. The molecule has 1 heterocycles. The molecule has 1 rings (SSSR count). The standard InChI is InChI=1S/C4H5NO.C2H6O3S/c1-3-2-5-4(3)6;1-2-6(3,4)5/h2H,1H3,(H,5,6);2H2,1H3,(H,3,4,5). The second-order valence-corrected chi connectivity index (χ2v) is 3.91. The van der Waals surface area contributed by atoms with E-state index in [-0.39, 0.29) is 11.7 Å². The molecule has 0 aromatic heterocycles. The summed E-state index contributed by atoms with van der Waals surface area (Å²) in [7, 11) is -3.66. The largest absolute Gasteiger partial charge is 0.328 e. The van der Waals surface area contributed by atoms with Gasteiger partial charge < -0.3 is 5.32 Å². The molecule has 70 valence electrons. The quantitative estimate of drug-likeness (QED) is 0.570. The maximum Gasteiger partial charge on any atom is 0.264 e. The van der Waals surface area contributed by atoms with Gasteiger partial charge in [-0.25, -0.2) is 0 Å². The summed E-state index contributed by atoms with van der Waals surface area (Å²) in [6, 6.07) is 0. The molecule has 0 aromatic rings. The molecule has 0 bridgehead atoms. The molecule has 0 unspecified atom stereocenters. The molecular weight excluding hydrogens is 182 g/mol. The van der Waals surface area contributed by atoms with Gasteiger partial charge in [0, 0.05) is 11.8 Å². The summed E-state index contributed by atoms with van der Waals surface area (Å²) < 4.78 is 26.9. The van der Waals surface area contributed by atoms with Gasteiger partial charge in [-0.15, -0.1) is 0 Å². The van der Waals surface area contributed by atoms with Gasteiger partial charge in [0.05, 0.1) is 5.75 Å². The van der Waals surface area contributed by atoms with Gasteiger partial charge in [-0.05, 0) is 13.8 Å². The highest BCUT2D eigenvalue weighted by molar-refractivity contribution is 7.85. The summed E-state index contributed by atoms with van der Waals surface area (Å²) in [5.74, 6) is -0.150. The van der Waals surface area contributed by atoms with E-state index in [2.05, 4.69) is 5.32 Å². The van der Waals surface area contributed by atoms with Crippen molar-refractivity contribution in [1.82, 2.24) is 5.32 Å². The third-order valence-electron chi connectivity index (χ3n) is 1.14. The second kappa shape index (κ2) is 4.22. The van der Waals surface area contributed by atoms with E-state index < -0.39 is 10.1 Å². The van der Waals surface area contributed by atoms with Crippen molar-refractivity contribution in [2.45, 2.75) is 13.8 Å². The second-order valence-electron chi connectivity index (χ2n) is 2.17. The van der Waals surface area contributed by atoms with E-state index >= 15 is 0 Å². The van der Waals surface area contributed by atoms with Crippen molar-refractivity contribution in [1.29, 1.82) is 0 Å². The molecule has 1 aliphatic rings. The Hall–Kier alpha value is -0.880. The van der Waals surface area contributed by atoms with Crippen LogP contribution >= 0.6 is 0 Å². The Labute approximate surface area is 71.2 Å². The molecule has 0 saturated carbocycles. The lowest BCUT2D eigenvalue weighted by molar-refractivity contribution is -0.118. The van der Waals surface area contributed by atoms with Crippen LogP contribution in [0.25, 0.3) is 0 Å². The van der Waals surface area contributed by atoms with Gasteiger partial charge >= 0.3 is 0 Å². The lowest BCUT2D eigenvalue weighted by Gasteiger charge is -2.07. The Bertz CT molecular complexity index is 291. The summed E-state index contributed by atoms with van der Waals surface area (Å²) in [6.07, 6.45) is 1.68. The Balaban J connectivity index is 0.000000202. The number of nitrogens with one attached hydrogen (secondary N) is 1. The Morgan fingerprint density at radius 2 is 1.92 bits per heavy atom. The van der Waals surface area contributed by atoms with Gasteiger partial charge in [0.25, 0.3) is 16.0 Å². The Morgan fingerprint density at radius 3 is 1.92 bits per heavy atom. The summed E-state index contributed by atoms with van der Waals surface area (Å²) in [6.45, 7) is 3.15. The predicted molar refractivity (Wildman–Crippen MR) is 44.0 cm³/mol. The molecule has 0 saturated heterocycles. The first-order chi connectivity index (χ1) is 5.37. The molecule has 1 amide bonds. The SMILES string of the molecule is CC1=CNC1=O.CCS(=O)(=O)O. The van der Waals surface area contributed by atoms with Crippen LogP contribution in [0.4, 0.5) is 0 Å². The zero-order valence-corrected chi connectivity index (χ0v) is 7.68. The van der Waals surface area contributed by atoms with Crippen LogP contribution in [0.15, 0.2) is 11.8 Å². The zero-order valence-electron chi connectivity index (χ0n) is 6.86. The molecule has 12 heavy (non-hydrogen) atoms. The minimum atomic E-state index is -3.66. The van der Waals surface area contributed by atoms with E-state index in [0.29, 0.717) is 0 Å². The Morgan fingerprint density at radius 1 is 1.58 bits per heavy atom. The smallest absolute Gasteiger partial charge is 0.264 e. The predicted octanol–water partition coefficient (Wildman–Crippen LogP) is -0.0859. The maximum absolute atomic E-state index is 10.1. The van der Waals surface area contributed by atoms with Crippen molar-refractivity contribution in [2.75, 3.05) is 5.75 Å². The molecule has 0 spiro atoms. The summed E-state index contributed by atoms with van der Waals surface area (Å²) in [5.41, 5.74) is 0.815. The van der Waals surface area contributed by atoms with Crippen molar-refractivity contribution < 1.29 is 17.8 Å². The van der Waals surface area contributed by atoms with Gasteiger partial charge in [-0.1, -0.05) is 0 Å². The fraction of sp³-hybridized carbons (Fsp3) is 0.500. The van der Waals surface area contributed by atoms with Crippen molar-refractivity contribution in [3.63, 3.8) is 0 Å². The molecule has 6 heteroatoms. The molecule has 2 N–H and O–H groups in total. The highest BCUT2D eigenvalue weighted by Gasteiger charge is 2.08. The van der Waals surface area contributed by atoms with Crippen LogP contribution in [0.3, 0.4) is 0 Å². The molecule has 5 nitrogen and oxygen atoms in total. The zero-order chi connectivity index (χ0) is 9.78. The molecule has 0 radical (unpaired) electrons. The van der Waals surface area contributed by atoms with E-state index in [4.69, 9.17) is 4.55 Å². The summed E-state index contributed by atoms with van der Waals surface area (Å²) in [4.78, 5) is 10.1. The van der Waals surface area contributed by atoms with Crippen LogP contribution in [-0.2, 0) is 14.9 Å². The molecular formula is C6H11NO4S. The number of amides is 1. The highest BCUT2D eigenvalue weighted by Crippen LogP contribution is 1.97. The van der Waals surface area contributed by atoms with Crippen molar-refractivity contribution in [3.8, 4) is 0 Å². The minimum absolute atomic E-state index is 0.0509. The van der Waals surface area contributed by atoms with Crippen LogP contribution in [0, 0.1) is 0 Å². The first-order valence-corrected chi connectivity index (χ1v) is 4.90. The third-order valence-corrected chi connectivity index (χ3v) is 1.87. The maximum atomic E-state index is 10.1. The molecule has 0 atom stereocenters. The highest BCUT2D eigenvalue weighted by atomic mass is 32.2. The lowest BCUT2D eigenvalue weighted by Crippen LogP contribution is -2.28. The van der Waals surface area contributed by atoms with Gasteiger partial charge in [0.2, 0.25) is 0 Å². The van der Waals surface area contributed by atoms with Crippen LogP contribution in [0.1, 0.15) is 13.8 Å². The van der Waals surface area contributed by atoms with Crippen molar-refractivity contribution >= 4 is 16.0 Å². The summed E-state index contributed by atoms with van der Waals surface area (Å²) >= 11 is 0. The van der Waals surface area contributed by atoms with E-state index in [1.165, 1.54) is 6.92 Å². The number of rotatable bonds is 1. The van der Waals surface area contributed by atoms with E-state index in [9.17, 15) is 13.2 Å². The van der Waals surface area contributed by atoms with Crippen molar-refractivity contribution in [3.05, 3.63) is 11.8 Å². The normalized spacial score (nSPS) is 14.9. The average Bonchev–Trinajstić information content (AvgIpc) is 2.01. The van der Waals surface area contributed by atoms with Crippen LogP contribution < -0.4 is 5.32 Å². The van der Waals surface area contributed by atoms with Gasteiger partial charge in [0.1, 0.15) is 0 Å². The molecule has 0 aromatic carbocycles. The number of carbonyl (C=O) groups is 1. The van der Waals surface area contributed by atoms with E-state index in [0.717, 1.165) is 5.57 Å². The Kier molecular flexibility index (Phi) is 3.91. The van der Waals surface area contributed by atoms with Gasteiger partial charge in [-0.2, -0.15) is 8.42 Å². The first kappa shape index (κ1) is 11.1. The van der Waals surface area contributed by atoms with Crippen LogP contribution in [0.2, 0.25) is 0 Å². The van der Waals surface area contributed by atoms with Gasteiger partial charge in [-0.3, -0.25) is 9.35 Å². The molecule has 1 aliphatic heterocycles. The fourth-order valence-corrected chi connectivity index (χ4v) is 0.275. The number of carbonyl (C=O) groups excluding carboxylic acids is 1. The van der Waals surface area contributed by atoms with E-state index in [1.54, 1.807) is 13.1 Å².